The van der Waals surface area contributed by atoms with Crippen LogP contribution in [0.25, 0.3) is 0 Å². The van der Waals surface area contributed by atoms with Gasteiger partial charge in [-0.1, -0.05) is 36.4 Å². The molecule has 1 aliphatic rings. The first-order valence-electron chi connectivity index (χ1n) is 7.67. The summed E-state index contributed by atoms with van der Waals surface area (Å²) in [6.45, 7) is 0. The van der Waals surface area contributed by atoms with Gasteiger partial charge in [0, 0.05) is 37.6 Å². The molecule has 0 fully saturated rings. The number of rotatable bonds is 4. The molecule has 0 saturated heterocycles. The van der Waals surface area contributed by atoms with Crippen LogP contribution in [-0.2, 0) is 9.59 Å². The van der Waals surface area contributed by atoms with Crippen molar-refractivity contribution in [3.8, 4) is 0 Å². The first-order valence-corrected chi connectivity index (χ1v) is 7.67. The smallest absolute Gasteiger partial charge is 0.227 e. The van der Waals surface area contributed by atoms with Crippen LogP contribution in [0.4, 0.5) is 11.4 Å². The molecule has 3 rings (SSSR count). The minimum absolute atomic E-state index is 0.502. The number of para-hydroxylation sites is 2. The number of benzene rings is 2. The summed E-state index contributed by atoms with van der Waals surface area (Å²) in [5, 5.41) is 0. The zero-order valence-corrected chi connectivity index (χ0v) is 13.6. The number of carbonyl (C=O) groups is 2. The lowest BCUT2D eigenvalue weighted by Crippen LogP contribution is -2.32. The van der Waals surface area contributed by atoms with Gasteiger partial charge < -0.3 is 9.80 Å². The van der Waals surface area contributed by atoms with Crippen LogP contribution in [0, 0.1) is 0 Å². The molecule has 120 valence electrons. The summed E-state index contributed by atoms with van der Waals surface area (Å²) < 4.78 is 0. The Morgan fingerprint density at radius 2 is 0.917 bits per heavy atom. The van der Waals surface area contributed by atoms with Crippen molar-refractivity contribution in [2.24, 2.45) is 0 Å². The predicted octanol–water partition coefficient (Wildman–Crippen LogP) is 3.18. The van der Waals surface area contributed by atoms with E-state index >= 15 is 0 Å². The summed E-state index contributed by atoms with van der Waals surface area (Å²) in [5.41, 5.74) is 3.27. The quantitative estimate of drug-likeness (QED) is 0.641. The Labute approximate surface area is 141 Å². The van der Waals surface area contributed by atoms with E-state index in [0.29, 0.717) is 11.4 Å². The molecule has 24 heavy (non-hydrogen) atoms. The summed E-state index contributed by atoms with van der Waals surface area (Å²) in [7, 11) is 3.77. The van der Waals surface area contributed by atoms with Gasteiger partial charge in [-0.3, -0.25) is 9.59 Å². The highest BCUT2D eigenvalue weighted by Gasteiger charge is 2.26. The number of likely N-dealkylation sites (N-methyl/N-ethyl adjacent to an activating group) is 2. The van der Waals surface area contributed by atoms with Gasteiger partial charge in [0.15, 0.2) is 0 Å². The van der Waals surface area contributed by atoms with E-state index in [1.807, 2.05) is 84.6 Å². The second kappa shape index (κ2) is 6.54. The maximum Gasteiger partial charge on any atom is 0.227 e. The topological polar surface area (TPSA) is 40.6 Å². The molecular formula is C20H18N2O2. The lowest BCUT2D eigenvalue weighted by atomic mass is 10.0. The third-order valence-corrected chi connectivity index (χ3v) is 4.05. The Bertz CT molecular complexity index is 752. The van der Waals surface area contributed by atoms with E-state index in [1.165, 1.54) is 12.2 Å². The second-order valence-corrected chi connectivity index (χ2v) is 5.58. The molecule has 4 nitrogen and oxygen atoms in total. The zero-order valence-electron chi connectivity index (χ0n) is 13.6. The SMILES string of the molecule is CN(C1=CC(=O)C(=O)C=C1N(C)c1ccccc1)c1ccccc1. The summed E-state index contributed by atoms with van der Waals surface area (Å²) in [4.78, 5) is 27.7. The molecular weight excluding hydrogens is 300 g/mol. The minimum Gasteiger partial charge on any atom is -0.343 e. The predicted molar refractivity (Wildman–Crippen MR) is 95.9 cm³/mol. The monoisotopic (exact) mass is 318 g/mol. The summed E-state index contributed by atoms with van der Waals surface area (Å²) >= 11 is 0. The van der Waals surface area contributed by atoms with Gasteiger partial charge >= 0.3 is 0 Å². The summed E-state index contributed by atoms with van der Waals surface area (Å²) in [6, 6.07) is 19.5. The van der Waals surface area contributed by atoms with Gasteiger partial charge in [-0.15, -0.1) is 0 Å². The third-order valence-electron chi connectivity index (χ3n) is 4.05. The van der Waals surface area contributed by atoms with E-state index in [9.17, 15) is 9.59 Å². The molecule has 1 aliphatic carbocycles. The van der Waals surface area contributed by atoms with E-state index in [0.717, 1.165) is 11.4 Å². The number of nitrogens with zero attached hydrogens (tertiary/aromatic N) is 2. The van der Waals surface area contributed by atoms with Gasteiger partial charge in [-0.05, 0) is 24.3 Å². The van der Waals surface area contributed by atoms with Crippen molar-refractivity contribution in [3.05, 3.63) is 84.2 Å². The molecule has 0 heterocycles. The number of anilines is 2. The van der Waals surface area contributed by atoms with Crippen LogP contribution >= 0.6 is 0 Å². The van der Waals surface area contributed by atoms with Crippen molar-refractivity contribution in [3.63, 3.8) is 0 Å². The van der Waals surface area contributed by atoms with E-state index in [4.69, 9.17) is 0 Å². The molecule has 2 aromatic rings. The van der Waals surface area contributed by atoms with Crippen molar-refractivity contribution < 1.29 is 9.59 Å². The van der Waals surface area contributed by atoms with Crippen molar-refractivity contribution in [2.75, 3.05) is 23.9 Å². The van der Waals surface area contributed by atoms with Crippen LogP contribution in [0.3, 0.4) is 0 Å². The normalized spacial score (nSPS) is 14.1. The lowest BCUT2D eigenvalue weighted by Gasteiger charge is -2.32. The molecule has 2 aromatic carbocycles. The standard InChI is InChI=1S/C20H18N2O2/c1-21(15-9-5-3-6-10-15)17-13-19(23)20(24)14-18(17)22(2)16-11-7-4-8-12-16/h3-14H,1-2H3. The minimum atomic E-state index is -0.502. The summed E-state index contributed by atoms with van der Waals surface area (Å²) in [6.07, 6.45) is 2.81. The van der Waals surface area contributed by atoms with Crippen molar-refractivity contribution in [1.82, 2.24) is 0 Å². The fourth-order valence-electron chi connectivity index (χ4n) is 2.66. The maximum atomic E-state index is 11.9. The van der Waals surface area contributed by atoms with Gasteiger partial charge in [0.25, 0.3) is 0 Å². The fourth-order valence-corrected chi connectivity index (χ4v) is 2.66. The highest BCUT2D eigenvalue weighted by molar-refractivity contribution is 6.47. The Morgan fingerprint density at radius 1 is 0.583 bits per heavy atom. The van der Waals surface area contributed by atoms with Crippen molar-refractivity contribution in [2.45, 2.75) is 0 Å². The zero-order chi connectivity index (χ0) is 17.1. The van der Waals surface area contributed by atoms with Crippen LogP contribution in [-0.4, -0.2) is 25.7 Å². The molecule has 0 unspecified atom stereocenters. The van der Waals surface area contributed by atoms with Crippen molar-refractivity contribution in [1.29, 1.82) is 0 Å². The van der Waals surface area contributed by atoms with E-state index in [1.54, 1.807) is 0 Å². The maximum absolute atomic E-state index is 11.9. The first kappa shape index (κ1) is 15.7. The van der Waals surface area contributed by atoms with E-state index in [2.05, 4.69) is 0 Å². The van der Waals surface area contributed by atoms with Gasteiger partial charge in [0.05, 0.1) is 11.4 Å². The molecule has 0 spiro atoms. The van der Waals surface area contributed by atoms with Crippen molar-refractivity contribution >= 4 is 22.9 Å². The molecule has 0 amide bonds. The van der Waals surface area contributed by atoms with Crippen LogP contribution in [0.2, 0.25) is 0 Å². The van der Waals surface area contributed by atoms with Crippen LogP contribution < -0.4 is 9.80 Å². The van der Waals surface area contributed by atoms with Gasteiger partial charge in [-0.25, -0.2) is 0 Å². The van der Waals surface area contributed by atoms with Gasteiger partial charge in [-0.2, -0.15) is 0 Å². The number of hydrogen-bond donors (Lipinski definition) is 0. The molecule has 0 aromatic heterocycles. The molecule has 4 heteroatoms. The molecule has 0 radical (unpaired) electrons. The van der Waals surface area contributed by atoms with Crippen LogP contribution in [0.15, 0.2) is 84.2 Å². The highest BCUT2D eigenvalue weighted by atomic mass is 16.2. The summed E-state index contributed by atoms with van der Waals surface area (Å²) in [5.74, 6) is -1.00. The number of ketones is 2. The third kappa shape index (κ3) is 2.99. The Hall–Kier alpha value is -3.14. The molecule has 0 N–H and O–H groups in total. The highest BCUT2D eigenvalue weighted by Crippen LogP contribution is 2.29. The fraction of sp³-hybridized carbons (Fsp3) is 0.100. The lowest BCUT2D eigenvalue weighted by molar-refractivity contribution is -0.131. The van der Waals surface area contributed by atoms with Gasteiger partial charge in [0.1, 0.15) is 0 Å². The molecule has 0 bridgehead atoms. The van der Waals surface area contributed by atoms with Gasteiger partial charge in [0.2, 0.25) is 11.6 Å². The Balaban J connectivity index is 2.02. The number of allylic oxidation sites excluding steroid dienone is 2. The molecule has 0 atom stereocenters. The second-order valence-electron chi connectivity index (χ2n) is 5.58. The first-order chi connectivity index (χ1) is 11.6. The van der Waals surface area contributed by atoms with E-state index < -0.39 is 11.6 Å². The average Bonchev–Trinajstić information content (AvgIpc) is 2.64. The number of hydrogen-bond acceptors (Lipinski definition) is 4. The molecule has 0 saturated carbocycles. The molecule has 0 aliphatic heterocycles. The number of carbonyl (C=O) groups excluding carboxylic acids is 2. The van der Waals surface area contributed by atoms with E-state index in [-0.39, 0.29) is 0 Å². The van der Waals surface area contributed by atoms with Crippen LogP contribution in [0.5, 0.6) is 0 Å². The Morgan fingerprint density at radius 3 is 1.25 bits per heavy atom. The largest absolute Gasteiger partial charge is 0.343 e. The van der Waals surface area contributed by atoms with Crippen LogP contribution in [0.1, 0.15) is 0 Å². The Kier molecular flexibility index (Phi) is 4.29. The average molecular weight is 318 g/mol.